The summed E-state index contributed by atoms with van der Waals surface area (Å²) < 4.78 is 1.47. The molecule has 0 saturated heterocycles. The maximum absolute atomic E-state index is 10.8. The second-order valence-electron chi connectivity index (χ2n) is 3.20. The van der Waals surface area contributed by atoms with E-state index in [0.29, 0.717) is 16.6 Å². The Kier molecular flexibility index (Phi) is 2.32. The van der Waals surface area contributed by atoms with Gasteiger partial charge in [0.2, 0.25) is 5.91 Å². The van der Waals surface area contributed by atoms with Gasteiger partial charge in [0, 0.05) is 18.7 Å². The molecule has 2 heterocycles. The van der Waals surface area contributed by atoms with E-state index in [-0.39, 0.29) is 5.91 Å². The van der Waals surface area contributed by atoms with Crippen LogP contribution in [0.25, 0.3) is 5.65 Å². The van der Waals surface area contributed by atoms with Gasteiger partial charge in [-0.2, -0.15) is 0 Å². The molecule has 0 fully saturated rings. The van der Waals surface area contributed by atoms with Crippen LogP contribution in [0.15, 0.2) is 12.1 Å². The lowest BCUT2D eigenvalue weighted by atomic mass is 10.4. The Morgan fingerprint density at radius 1 is 1.53 bits per heavy atom. The predicted octanol–water partition coefficient (Wildman–Crippen LogP) is 1.65. The van der Waals surface area contributed by atoms with Crippen molar-refractivity contribution < 1.29 is 4.79 Å². The summed E-state index contributed by atoms with van der Waals surface area (Å²) in [5.74, 6) is 0.272. The van der Waals surface area contributed by atoms with Crippen LogP contribution in [0.1, 0.15) is 12.6 Å². The van der Waals surface area contributed by atoms with Crippen molar-refractivity contribution in [2.75, 3.05) is 5.32 Å². The van der Waals surface area contributed by atoms with E-state index in [1.54, 1.807) is 12.1 Å². The quantitative estimate of drug-likeness (QED) is 0.750. The number of aromatic nitrogens is 3. The SMILES string of the molecule is CC(=O)Nc1cc2nc(C)cc(Cl)n2n1. The van der Waals surface area contributed by atoms with Gasteiger partial charge in [-0.25, -0.2) is 9.50 Å². The number of fused-ring (bicyclic) bond motifs is 1. The highest BCUT2D eigenvalue weighted by molar-refractivity contribution is 6.29. The third-order valence-corrected chi connectivity index (χ3v) is 2.09. The van der Waals surface area contributed by atoms with E-state index in [9.17, 15) is 4.79 Å². The second kappa shape index (κ2) is 3.51. The Morgan fingerprint density at radius 2 is 2.27 bits per heavy atom. The zero-order valence-electron chi connectivity index (χ0n) is 8.28. The van der Waals surface area contributed by atoms with Crippen molar-refractivity contribution in [2.45, 2.75) is 13.8 Å². The minimum atomic E-state index is -0.175. The summed E-state index contributed by atoms with van der Waals surface area (Å²) >= 11 is 5.96. The largest absolute Gasteiger partial charge is 0.309 e. The Hall–Kier alpha value is -1.62. The first-order chi connectivity index (χ1) is 7.06. The first-order valence-corrected chi connectivity index (χ1v) is 4.74. The van der Waals surface area contributed by atoms with Gasteiger partial charge in [-0.1, -0.05) is 11.6 Å². The Labute approximate surface area is 91.1 Å². The molecular formula is C9H9ClN4O. The van der Waals surface area contributed by atoms with Crippen molar-refractivity contribution in [1.29, 1.82) is 0 Å². The van der Waals surface area contributed by atoms with Crippen LogP contribution in [0.2, 0.25) is 5.15 Å². The van der Waals surface area contributed by atoms with E-state index in [2.05, 4.69) is 15.4 Å². The van der Waals surface area contributed by atoms with Crippen LogP contribution in [-0.2, 0) is 4.79 Å². The number of hydrogen-bond acceptors (Lipinski definition) is 3. The smallest absolute Gasteiger partial charge is 0.222 e. The summed E-state index contributed by atoms with van der Waals surface area (Å²) in [7, 11) is 0. The van der Waals surface area contributed by atoms with Gasteiger partial charge in [-0.05, 0) is 13.0 Å². The van der Waals surface area contributed by atoms with Crippen LogP contribution in [0, 0.1) is 6.92 Å². The van der Waals surface area contributed by atoms with Gasteiger partial charge in [0.1, 0.15) is 5.15 Å². The molecule has 6 heteroatoms. The number of carbonyl (C=O) groups is 1. The lowest BCUT2D eigenvalue weighted by Gasteiger charge is -1.97. The Bertz CT molecular complexity index is 534. The van der Waals surface area contributed by atoms with Gasteiger partial charge in [0.15, 0.2) is 11.5 Å². The average Bonchev–Trinajstić information content (AvgIpc) is 2.45. The number of hydrogen-bond donors (Lipinski definition) is 1. The van der Waals surface area contributed by atoms with Crippen molar-refractivity contribution in [3.63, 3.8) is 0 Å². The minimum absolute atomic E-state index is 0.175. The van der Waals surface area contributed by atoms with Crippen molar-refractivity contribution >= 4 is 29.0 Å². The average molecular weight is 225 g/mol. The van der Waals surface area contributed by atoms with Crippen molar-refractivity contribution in [1.82, 2.24) is 14.6 Å². The first-order valence-electron chi connectivity index (χ1n) is 4.37. The molecule has 2 aromatic heterocycles. The van der Waals surface area contributed by atoms with Gasteiger partial charge in [0.05, 0.1) is 0 Å². The molecule has 15 heavy (non-hydrogen) atoms. The van der Waals surface area contributed by atoms with Crippen LogP contribution in [0.4, 0.5) is 5.82 Å². The molecule has 2 aromatic rings. The number of anilines is 1. The van der Waals surface area contributed by atoms with E-state index in [1.807, 2.05) is 6.92 Å². The molecule has 5 nitrogen and oxygen atoms in total. The first kappa shape index (κ1) is 9.92. The fourth-order valence-electron chi connectivity index (χ4n) is 1.30. The monoisotopic (exact) mass is 224 g/mol. The Morgan fingerprint density at radius 3 is 2.93 bits per heavy atom. The van der Waals surface area contributed by atoms with Gasteiger partial charge < -0.3 is 5.32 Å². The van der Waals surface area contributed by atoms with Crippen LogP contribution in [0.5, 0.6) is 0 Å². The normalized spacial score (nSPS) is 10.6. The number of carbonyl (C=O) groups excluding carboxylic acids is 1. The minimum Gasteiger partial charge on any atom is -0.309 e. The van der Waals surface area contributed by atoms with Gasteiger partial charge in [-0.15, -0.1) is 5.10 Å². The van der Waals surface area contributed by atoms with Gasteiger partial charge >= 0.3 is 0 Å². The number of nitrogens with zero attached hydrogens (tertiary/aromatic N) is 3. The Balaban J connectivity index is 2.55. The highest BCUT2D eigenvalue weighted by Crippen LogP contribution is 2.15. The fourth-order valence-corrected chi connectivity index (χ4v) is 1.58. The summed E-state index contributed by atoms with van der Waals surface area (Å²) in [6.07, 6.45) is 0. The van der Waals surface area contributed by atoms with Gasteiger partial charge in [-0.3, -0.25) is 4.79 Å². The molecule has 0 spiro atoms. The molecule has 0 saturated carbocycles. The second-order valence-corrected chi connectivity index (χ2v) is 3.59. The van der Waals surface area contributed by atoms with Crippen molar-refractivity contribution in [3.8, 4) is 0 Å². The van der Waals surface area contributed by atoms with E-state index >= 15 is 0 Å². The highest BCUT2D eigenvalue weighted by atomic mass is 35.5. The fraction of sp³-hybridized carbons (Fsp3) is 0.222. The maximum Gasteiger partial charge on any atom is 0.222 e. The molecule has 1 N–H and O–H groups in total. The molecular weight excluding hydrogens is 216 g/mol. The molecule has 0 aliphatic heterocycles. The third kappa shape index (κ3) is 1.92. The van der Waals surface area contributed by atoms with Crippen LogP contribution in [-0.4, -0.2) is 20.5 Å². The molecule has 0 aliphatic carbocycles. The number of amides is 1. The number of nitrogens with one attached hydrogen (secondary N) is 1. The summed E-state index contributed by atoms with van der Waals surface area (Å²) in [5.41, 5.74) is 1.42. The van der Waals surface area contributed by atoms with Crippen molar-refractivity contribution in [2.24, 2.45) is 0 Å². The highest BCUT2D eigenvalue weighted by Gasteiger charge is 2.07. The molecule has 0 aromatic carbocycles. The topological polar surface area (TPSA) is 59.3 Å². The molecule has 0 bridgehead atoms. The van der Waals surface area contributed by atoms with Gasteiger partial charge in [0.25, 0.3) is 0 Å². The lowest BCUT2D eigenvalue weighted by Crippen LogP contribution is -2.06. The molecule has 1 amide bonds. The lowest BCUT2D eigenvalue weighted by molar-refractivity contribution is -0.114. The summed E-state index contributed by atoms with van der Waals surface area (Å²) in [4.78, 5) is 15.1. The summed E-state index contributed by atoms with van der Waals surface area (Å²) in [6, 6.07) is 3.37. The van der Waals surface area contributed by atoms with E-state index in [4.69, 9.17) is 11.6 Å². The molecule has 2 rings (SSSR count). The number of rotatable bonds is 1. The third-order valence-electron chi connectivity index (χ3n) is 1.82. The zero-order valence-corrected chi connectivity index (χ0v) is 9.04. The predicted molar refractivity (Wildman–Crippen MR) is 57.0 cm³/mol. The molecule has 0 radical (unpaired) electrons. The molecule has 78 valence electrons. The van der Waals surface area contributed by atoms with Crippen LogP contribution >= 0.6 is 11.6 Å². The molecule has 0 aliphatic rings. The summed E-state index contributed by atoms with van der Waals surface area (Å²) in [6.45, 7) is 3.27. The van der Waals surface area contributed by atoms with E-state index in [0.717, 1.165) is 5.69 Å². The summed E-state index contributed by atoms with van der Waals surface area (Å²) in [5, 5.41) is 7.12. The molecule has 0 unspecified atom stereocenters. The standard InChI is InChI=1S/C9H9ClN4O/c1-5-3-7(10)14-9(11-5)4-8(13-14)12-6(2)15/h3-4H,1-2H3,(H,12,13,15). The number of aryl methyl sites for hydroxylation is 1. The number of halogens is 1. The van der Waals surface area contributed by atoms with E-state index in [1.165, 1.54) is 11.4 Å². The zero-order chi connectivity index (χ0) is 11.0. The van der Waals surface area contributed by atoms with Crippen LogP contribution < -0.4 is 5.32 Å². The molecule has 0 atom stereocenters. The van der Waals surface area contributed by atoms with E-state index < -0.39 is 0 Å². The van der Waals surface area contributed by atoms with Crippen molar-refractivity contribution in [3.05, 3.63) is 23.0 Å². The maximum atomic E-state index is 10.8. The van der Waals surface area contributed by atoms with Crippen LogP contribution in [0.3, 0.4) is 0 Å².